The first-order chi connectivity index (χ1) is 8.65. The minimum atomic E-state index is -0.286. The molecule has 0 bridgehead atoms. The molecule has 18 heavy (non-hydrogen) atoms. The number of morpholine rings is 1. The van der Waals surface area contributed by atoms with Crippen LogP contribution in [0.2, 0.25) is 0 Å². The van der Waals surface area contributed by atoms with Gasteiger partial charge in [-0.3, -0.25) is 4.79 Å². The van der Waals surface area contributed by atoms with E-state index < -0.39 is 0 Å². The third-order valence-electron chi connectivity index (χ3n) is 2.88. The van der Waals surface area contributed by atoms with Gasteiger partial charge in [0.05, 0.1) is 25.6 Å². The van der Waals surface area contributed by atoms with Gasteiger partial charge in [-0.05, 0) is 6.92 Å². The summed E-state index contributed by atoms with van der Waals surface area (Å²) in [5, 5.41) is 0. The molecule has 2 atom stereocenters. The van der Waals surface area contributed by atoms with Crippen LogP contribution in [-0.2, 0) is 4.74 Å². The molecule has 2 rings (SSSR count). The van der Waals surface area contributed by atoms with Crippen molar-refractivity contribution in [3.05, 3.63) is 16.7 Å². The first-order valence-electron chi connectivity index (χ1n) is 5.87. The maximum Gasteiger partial charge on any atom is 0.295 e. The fraction of sp³-hybridized carbons (Fsp3) is 0.636. The van der Waals surface area contributed by atoms with Crippen LogP contribution in [0, 0.1) is 0 Å². The van der Waals surface area contributed by atoms with Crippen LogP contribution in [0.4, 0.5) is 5.82 Å². The summed E-state index contributed by atoms with van der Waals surface area (Å²) in [7, 11) is 1.46. The monoisotopic (exact) mass is 254 g/mol. The quantitative estimate of drug-likeness (QED) is 0.743. The molecule has 1 aromatic heterocycles. The van der Waals surface area contributed by atoms with E-state index in [4.69, 9.17) is 15.2 Å². The lowest BCUT2D eigenvalue weighted by atomic mass is 10.2. The molecule has 7 heteroatoms. The zero-order valence-corrected chi connectivity index (χ0v) is 10.5. The Balaban J connectivity index is 2.30. The van der Waals surface area contributed by atoms with Crippen molar-refractivity contribution >= 4 is 5.82 Å². The second-order valence-electron chi connectivity index (χ2n) is 4.30. The van der Waals surface area contributed by atoms with Crippen LogP contribution in [0.3, 0.4) is 0 Å². The van der Waals surface area contributed by atoms with Crippen LogP contribution >= 0.6 is 0 Å². The third-order valence-corrected chi connectivity index (χ3v) is 2.88. The summed E-state index contributed by atoms with van der Waals surface area (Å²) in [5.41, 5.74) is 5.35. The molecule has 0 saturated carbocycles. The number of methoxy groups -OCH3 is 1. The molecule has 2 unspecified atom stereocenters. The van der Waals surface area contributed by atoms with Crippen molar-refractivity contribution in [2.24, 2.45) is 5.73 Å². The number of ether oxygens (including phenoxy) is 2. The van der Waals surface area contributed by atoms with Gasteiger partial charge in [0.15, 0.2) is 5.82 Å². The Labute approximate surface area is 105 Å². The molecule has 0 aromatic carbocycles. The first-order valence-corrected chi connectivity index (χ1v) is 5.87. The van der Waals surface area contributed by atoms with Crippen molar-refractivity contribution in [2.45, 2.75) is 19.1 Å². The number of anilines is 1. The van der Waals surface area contributed by atoms with Crippen molar-refractivity contribution in [1.82, 2.24) is 9.97 Å². The maximum atomic E-state index is 11.6. The SMILES string of the molecule is COc1c(N2CC(C)OC(CN)C2)nc[nH]c1=O. The summed E-state index contributed by atoms with van der Waals surface area (Å²) in [5.74, 6) is 0.761. The minimum Gasteiger partial charge on any atom is -0.489 e. The molecule has 0 aliphatic carbocycles. The molecule has 1 aliphatic rings. The van der Waals surface area contributed by atoms with Gasteiger partial charge in [0.25, 0.3) is 5.56 Å². The molecule has 0 amide bonds. The van der Waals surface area contributed by atoms with E-state index in [1.54, 1.807) is 0 Å². The Morgan fingerprint density at radius 2 is 2.44 bits per heavy atom. The predicted molar refractivity (Wildman–Crippen MR) is 67.0 cm³/mol. The van der Waals surface area contributed by atoms with Crippen LogP contribution < -0.4 is 20.9 Å². The molecule has 0 radical (unpaired) electrons. The van der Waals surface area contributed by atoms with Gasteiger partial charge in [0.1, 0.15) is 0 Å². The lowest BCUT2D eigenvalue weighted by Crippen LogP contribution is -2.50. The number of nitrogens with one attached hydrogen (secondary N) is 1. The largest absolute Gasteiger partial charge is 0.489 e. The fourth-order valence-corrected chi connectivity index (χ4v) is 2.14. The van der Waals surface area contributed by atoms with Crippen LogP contribution in [0.15, 0.2) is 11.1 Å². The van der Waals surface area contributed by atoms with E-state index in [-0.39, 0.29) is 23.5 Å². The van der Waals surface area contributed by atoms with Gasteiger partial charge in [-0.15, -0.1) is 0 Å². The van der Waals surface area contributed by atoms with Gasteiger partial charge in [-0.25, -0.2) is 4.98 Å². The summed E-state index contributed by atoms with van der Waals surface area (Å²) in [6.07, 6.45) is 1.36. The predicted octanol–water partition coefficient (Wildman–Crippen LogP) is -0.669. The third kappa shape index (κ3) is 2.46. The maximum absolute atomic E-state index is 11.6. The Bertz CT molecular complexity index is 462. The molecule has 1 saturated heterocycles. The second-order valence-corrected chi connectivity index (χ2v) is 4.30. The van der Waals surface area contributed by atoms with Crippen LogP contribution in [-0.4, -0.2) is 48.9 Å². The summed E-state index contributed by atoms with van der Waals surface area (Å²) in [4.78, 5) is 20.3. The van der Waals surface area contributed by atoms with Crippen LogP contribution in [0.25, 0.3) is 0 Å². The van der Waals surface area contributed by atoms with Gasteiger partial charge in [-0.1, -0.05) is 0 Å². The van der Waals surface area contributed by atoms with Gasteiger partial charge in [0.2, 0.25) is 5.75 Å². The fourth-order valence-electron chi connectivity index (χ4n) is 2.14. The smallest absolute Gasteiger partial charge is 0.295 e. The van der Waals surface area contributed by atoms with Crippen LogP contribution in [0.1, 0.15) is 6.92 Å². The molecule has 1 aromatic rings. The second kappa shape index (κ2) is 5.36. The minimum absolute atomic E-state index is 0.0399. The van der Waals surface area contributed by atoms with Crippen molar-refractivity contribution in [3.63, 3.8) is 0 Å². The standard InChI is InChI=1S/C11H18N4O3/c1-7-4-15(5-8(3-12)18-7)10-9(17-2)11(16)14-6-13-10/h6-8H,3-5,12H2,1-2H3,(H,13,14,16). The number of rotatable bonds is 3. The Morgan fingerprint density at radius 3 is 3.11 bits per heavy atom. The van der Waals surface area contributed by atoms with E-state index >= 15 is 0 Å². The van der Waals surface area contributed by atoms with E-state index in [2.05, 4.69) is 9.97 Å². The molecule has 7 nitrogen and oxygen atoms in total. The van der Waals surface area contributed by atoms with Gasteiger partial charge in [0, 0.05) is 19.6 Å². The Hall–Kier alpha value is -1.60. The van der Waals surface area contributed by atoms with Crippen molar-refractivity contribution in [3.8, 4) is 5.75 Å². The Morgan fingerprint density at radius 1 is 1.67 bits per heavy atom. The number of nitrogens with two attached hydrogens (primary N) is 1. The lowest BCUT2D eigenvalue weighted by molar-refractivity contribution is -0.0108. The topological polar surface area (TPSA) is 93.5 Å². The summed E-state index contributed by atoms with van der Waals surface area (Å²) < 4.78 is 10.8. The number of hydrogen-bond donors (Lipinski definition) is 2. The summed E-state index contributed by atoms with van der Waals surface area (Å²) in [6, 6.07) is 0. The van der Waals surface area contributed by atoms with Gasteiger partial charge >= 0.3 is 0 Å². The van der Waals surface area contributed by atoms with E-state index in [1.807, 2.05) is 11.8 Å². The van der Waals surface area contributed by atoms with Crippen molar-refractivity contribution < 1.29 is 9.47 Å². The van der Waals surface area contributed by atoms with Crippen LogP contribution in [0.5, 0.6) is 5.75 Å². The number of H-pyrrole nitrogens is 1. The highest BCUT2D eigenvalue weighted by Gasteiger charge is 2.27. The molecular weight excluding hydrogens is 236 g/mol. The summed E-state index contributed by atoms with van der Waals surface area (Å²) >= 11 is 0. The molecular formula is C11H18N4O3. The number of aromatic nitrogens is 2. The number of aromatic amines is 1. The average Bonchev–Trinajstić information content (AvgIpc) is 2.37. The number of nitrogens with zero attached hydrogens (tertiary/aromatic N) is 2. The highest BCUT2D eigenvalue weighted by Crippen LogP contribution is 2.24. The average molecular weight is 254 g/mol. The normalized spacial score (nSPS) is 24.1. The van der Waals surface area contributed by atoms with E-state index in [9.17, 15) is 4.79 Å². The van der Waals surface area contributed by atoms with E-state index in [0.717, 1.165) is 0 Å². The molecule has 100 valence electrons. The van der Waals surface area contributed by atoms with E-state index in [0.29, 0.717) is 25.5 Å². The highest BCUT2D eigenvalue weighted by atomic mass is 16.5. The first kappa shape index (κ1) is 12.8. The van der Waals surface area contributed by atoms with Gasteiger partial charge < -0.3 is 25.1 Å². The summed E-state index contributed by atoms with van der Waals surface area (Å²) in [6.45, 7) is 3.66. The zero-order valence-electron chi connectivity index (χ0n) is 10.5. The number of hydrogen-bond acceptors (Lipinski definition) is 6. The highest BCUT2D eigenvalue weighted by molar-refractivity contribution is 5.51. The molecule has 1 aliphatic heterocycles. The van der Waals surface area contributed by atoms with E-state index in [1.165, 1.54) is 13.4 Å². The Kier molecular flexibility index (Phi) is 3.83. The van der Waals surface area contributed by atoms with Crippen molar-refractivity contribution in [1.29, 1.82) is 0 Å². The molecule has 2 heterocycles. The molecule has 1 fully saturated rings. The van der Waals surface area contributed by atoms with Gasteiger partial charge in [-0.2, -0.15) is 0 Å². The molecule has 3 N–H and O–H groups in total. The lowest BCUT2D eigenvalue weighted by Gasteiger charge is -2.37. The van der Waals surface area contributed by atoms with Crippen molar-refractivity contribution in [2.75, 3.05) is 31.6 Å². The molecule has 0 spiro atoms. The zero-order chi connectivity index (χ0) is 13.1.